The van der Waals surface area contributed by atoms with Crippen LogP contribution in [0.3, 0.4) is 0 Å². The van der Waals surface area contributed by atoms with E-state index in [0.29, 0.717) is 32.0 Å². The highest BCUT2D eigenvalue weighted by Gasteiger charge is 2.19. The van der Waals surface area contributed by atoms with Gasteiger partial charge >= 0.3 is 0 Å². The first-order valence-corrected chi connectivity index (χ1v) is 7.20. The van der Waals surface area contributed by atoms with Gasteiger partial charge in [0.2, 0.25) is 5.91 Å². The van der Waals surface area contributed by atoms with E-state index in [-0.39, 0.29) is 12.5 Å². The molecule has 6 heteroatoms. The molecule has 1 amide bonds. The number of aliphatic hydroxyl groups is 1. The van der Waals surface area contributed by atoms with Crippen LogP contribution in [0.25, 0.3) is 0 Å². The van der Waals surface area contributed by atoms with E-state index in [2.05, 4.69) is 5.32 Å². The van der Waals surface area contributed by atoms with Crippen LogP contribution in [0.2, 0.25) is 0 Å². The Balaban J connectivity index is 1.72. The number of aliphatic hydroxyl groups excluding tert-OH is 1. The van der Waals surface area contributed by atoms with Gasteiger partial charge in [-0.15, -0.1) is 0 Å². The molecule has 0 spiro atoms. The number of β-amino-alcohol motifs (C(OH)–C–C–N with tert-alkyl or cyclic N) is 1. The van der Waals surface area contributed by atoms with E-state index in [9.17, 15) is 9.90 Å². The number of rotatable bonds is 7. The largest absolute Gasteiger partial charge is 0.494 e. The molecule has 1 heterocycles. The van der Waals surface area contributed by atoms with Crippen LogP contribution in [0.4, 0.5) is 0 Å². The van der Waals surface area contributed by atoms with Crippen LogP contribution >= 0.6 is 0 Å². The molecule has 1 aromatic carbocycles. The maximum atomic E-state index is 11.2. The third kappa shape index (κ3) is 5.24. The molecule has 0 saturated carbocycles. The van der Waals surface area contributed by atoms with Crippen molar-refractivity contribution in [2.24, 2.45) is 0 Å². The summed E-state index contributed by atoms with van der Waals surface area (Å²) in [7, 11) is 0. The molecule has 1 saturated heterocycles. The number of carbonyl (C=O) groups is 1. The first-order valence-electron chi connectivity index (χ1n) is 7.20. The standard InChI is InChI=1S/C15H22N2O4/c1-2-20-13-3-5-14(6-4-13)21-11-12(18)9-17-8-7-16-15(19)10-17/h3-6,12,18H,2,7-11H2,1H3,(H,16,19)/t12-/m0/s1. The van der Waals surface area contributed by atoms with Gasteiger partial charge in [-0.05, 0) is 31.2 Å². The monoisotopic (exact) mass is 294 g/mol. The molecule has 1 aliphatic rings. The Labute approximate surface area is 124 Å². The molecule has 1 aliphatic heterocycles. The second kappa shape index (κ2) is 7.85. The molecule has 0 bridgehead atoms. The van der Waals surface area contributed by atoms with Crippen molar-refractivity contribution in [2.75, 3.05) is 39.4 Å². The van der Waals surface area contributed by atoms with Crippen molar-refractivity contribution in [3.05, 3.63) is 24.3 Å². The minimum Gasteiger partial charge on any atom is -0.494 e. The maximum absolute atomic E-state index is 11.2. The van der Waals surface area contributed by atoms with Crippen molar-refractivity contribution in [3.63, 3.8) is 0 Å². The summed E-state index contributed by atoms with van der Waals surface area (Å²) in [6.45, 7) is 4.91. The lowest BCUT2D eigenvalue weighted by atomic mass is 10.3. The molecule has 1 fully saturated rings. The Morgan fingerprint density at radius 3 is 2.57 bits per heavy atom. The zero-order chi connectivity index (χ0) is 15.1. The zero-order valence-electron chi connectivity index (χ0n) is 12.2. The third-order valence-corrected chi connectivity index (χ3v) is 3.16. The van der Waals surface area contributed by atoms with Crippen molar-refractivity contribution in [3.8, 4) is 11.5 Å². The number of amides is 1. The summed E-state index contributed by atoms with van der Waals surface area (Å²) in [5.74, 6) is 1.49. The molecule has 2 rings (SSSR count). The number of piperazine rings is 1. The van der Waals surface area contributed by atoms with E-state index in [0.717, 1.165) is 12.3 Å². The highest BCUT2D eigenvalue weighted by Crippen LogP contribution is 2.17. The number of carbonyl (C=O) groups excluding carboxylic acids is 1. The van der Waals surface area contributed by atoms with E-state index in [4.69, 9.17) is 9.47 Å². The van der Waals surface area contributed by atoms with Crippen LogP contribution in [0.15, 0.2) is 24.3 Å². The smallest absolute Gasteiger partial charge is 0.234 e. The highest BCUT2D eigenvalue weighted by molar-refractivity contribution is 5.78. The predicted octanol–water partition coefficient (Wildman–Crippen LogP) is 0.257. The number of benzene rings is 1. The molecular formula is C15H22N2O4. The van der Waals surface area contributed by atoms with Gasteiger partial charge in [0.1, 0.15) is 24.2 Å². The summed E-state index contributed by atoms with van der Waals surface area (Å²) in [5, 5.41) is 12.7. The summed E-state index contributed by atoms with van der Waals surface area (Å²) in [6.07, 6.45) is -0.623. The van der Waals surface area contributed by atoms with E-state index in [1.54, 1.807) is 0 Å². The summed E-state index contributed by atoms with van der Waals surface area (Å²) >= 11 is 0. The van der Waals surface area contributed by atoms with E-state index in [1.165, 1.54) is 0 Å². The molecule has 2 N–H and O–H groups in total. The molecule has 6 nitrogen and oxygen atoms in total. The van der Waals surface area contributed by atoms with E-state index in [1.807, 2.05) is 36.1 Å². The molecule has 21 heavy (non-hydrogen) atoms. The van der Waals surface area contributed by atoms with E-state index < -0.39 is 6.10 Å². The van der Waals surface area contributed by atoms with Crippen molar-refractivity contribution in [2.45, 2.75) is 13.0 Å². The first kappa shape index (κ1) is 15.6. The van der Waals surface area contributed by atoms with E-state index >= 15 is 0 Å². The van der Waals surface area contributed by atoms with Gasteiger partial charge in [0.15, 0.2) is 0 Å². The molecule has 116 valence electrons. The lowest BCUT2D eigenvalue weighted by Gasteiger charge is -2.28. The highest BCUT2D eigenvalue weighted by atomic mass is 16.5. The predicted molar refractivity (Wildman–Crippen MR) is 78.6 cm³/mol. The first-order chi connectivity index (χ1) is 10.2. The molecule has 0 aliphatic carbocycles. The van der Waals surface area contributed by atoms with Crippen LogP contribution in [0.1, 0.15) is 6.92 Å². The number of nitrogens with zero attached hydrogens (tertiary/aromatic N) is 1. The van der Waals surface area contributed by atoms with Gasteiger partial charge in [-0.1, -0.05) is 0 Å². The normalized spacial score (nSPS) is 17.1. The van der Waals surface area contributed by atoms with Crippen molar-refractivity contribution in [1.29, 1.82) is 0 Å². The minimum absolute atomic E-state index is 0.000816. The van der Waals surface area contributed by atoms with Crippen LogP contribution in [-0.4, -0.2) is 61.4 Å². The minimum atomic E-state index is -0.623. The fraction of sp³-hybridized carbons (Fsp3) is 0.533. The van der Waals surface area contributed by atoms with Crippen LogP contribution < -0.4 is 14.8 Å². The fourth-order valence-corrected chi connectivity index (χ4v) is 2.19. The quantitative estimate of drug-likeness (QED) is 0.755. The van der Waals surface area contributed by atoms with Crippen LogP contribution in [0.5, 0.6) is 11.5 Å². The molecule has 0 unspecified atom stereocenters. The second-order valence-electron chi connectivity index (χ2n) is 4.95. The van der Waals surface area contributed by atoms with Gasteiger partial charge < -0.3 is 19.9 Å². The van der Waals surface area contributed by atoms with Gasteiger partial charge in [0.05, 0.1) is 13.2 Å². The number of hydrogen-bond donors (Lipinski definition) is 2. The summed E-state index contributed by atoms with van der Waals surface area (Å²) < 4.78 is 10.9. The van der Waals surface area contributed by atoms with Crippen molar-refractivity contribution >= 4 is 5.91 Å². The average Bonchev–Trinajstić information content (AvgIpc) is 2.47. The van der Waals surface area contributed by atoms with Gasteiger partial charge in [-0.25, -0.2) is 0 Å². The molecule has 0 aromatic heterocycles. The van der Waals surface area contributed by atoms with Gasteiger partial charge in [0, 0.05) is 19.6 Å². The zero-order valence-corrected chi connectivity index (χ0v) is 12.2. The number of hydrogen-bond acceptors (Lipinski definition) is 5. The summed E-state index contributed by atoms with van der Waals surface area (Å²) in [4.78, 5) is 13.2. The van der Waals surface area contributed by atoms with Gasteiger partial charge in [-0.2, -0.15) is 0 Å². The summed E-state index contributed by atoms with van der Waals surface area (Å²) in [5.41, 5.74) is 0. The Bertz CT molecular complexity index is 449. The van der Waals surface area contributed by atoms with Crippen LogP contribution in [0, 0.1) is 0 Å². The second-order valence-corrected chi connectivity index (χ2v) is 4.95. The van der Waals surface area contributed by atoms with Gasteiger partial charge in [0.25, 0.3) is 0 Å². The maximum Gasteiger partial charge on any atom is 0.234 e. The van der Waals surface area contributed by atoms with Crippen molar-refractivity contribution < 1.29 is 19.4 Å². The van der Waals surface area contributed by atoms with Crippen molar-refractivity contribution in [1.82, 2.24) is 10.2 Å². The summed E-state index contributed by atoms with van der Waals surface area (Å²) in [6, 6.07) is 7.29. The Morgan fingerprint density at radius 2 is 1.95 bits per heavy atom. The van der Waals surface area contributed by atoms with Gasteiger partial charge in [-0.3, -0.25) is 9.69 Å². The molecular weight excluding hydrogens is 272 g/mol. The fourth-order valence-electron chi connectivity index (χ4n) is 2.19. The molecule has 1 atom stereocenters. The molecule has 0 radical (unpaired) electrons. The Kier molecular flexibility index (Phi) is 5.83. The Morgan fingerprint density at radius 1 is 1.29 bits per heavy atom. The SMILES string of the molecule is CCOc1ccc(OC[C@@H](O)CN2CCNC(=O)C2)cc1. The lowest BCUT2D eigenvalue weighted by Crippen LogP contribution is -2.50. The van der Waals surface area contributed by atoms with Crippen LogP contribution in [-0.2, 0) is 4.79 Å². The lowest BCUT2D eigenvalue weighted by molar-refractivity contribution is -0.124. The number of ether oxygens (including phenoxy) is 2. The number of nitrogens with one attached hydrogen (secondary N) is 1. The average molecular weight is 294 g/mol. The molecule has 1 aromatic rings. The third-order valence-electron chi connectivity index (χ3n) is 3.16. The Hall–Kier alpha value is -1.79. The topological polar surface area (TPSA) is 71.0 Å².